The number of nitrogens with zero attached hydrogens (tertiary/aromatic N) is 1. The minimum atomic E-state index is -4.89. The Morgan fingerprint density at radius 1 is 0.862 bits per heavy atom. The predicted molar refractivity (Wildman–Crippen MR) is 103 cm³/mol. The molecule has 0 bridgehead atoms. The van der Waals surface area contributed by atoms with Gasteiger partial charge in [-0.1, -0.05) is 12.8 Å². The maximum atomic E-state index is 13.0. The fraction of sp³-hybridized carbons (Fsp3) is 0.632. The second-order valence-electron chi connectivity index (χ2n) is 7.59. The molecule has 3 rings (SSSR count). The third-order valence-electron chi connectivity index (χ3n) is 5.50. The molecule has 1 aromatic rings. The van der Waals surface area contributed by atoms with E-state index in [-0.39, 0.29) is 28.9 Å². The van der Waals surface area contributed by atoms with E-state index < -0.39 is 23.5 Å². The lowest BCUT2D eigenvalue weighted by Crippen LogP contribution is -2.53. The number of thiocarbonyl (C=S) groups is 1. The maximum absolute atomic E-state index is 13.0. The van der Waals surface area contributed by atoms with Crippen molar-refractivity contribution in [2.45, 2.75) is 63.0 Å². The molecule has 0 spiro atoms. The highest BCUT2D eigenvalue weighted by molar-refractivity contribution is 7.80. The Bertz CT molecular complexity index is 695. The van der Waals surface area contributed by atoms with Crippen LogP contribution < -0.4 is 10.6 Å². The summed E-state index contributed by atoms with van der Waals surface area (Å²) < 4.78 is 78.1. The fourth-order valence-electron chi connectivity index (χ4n) is 4.15. The van der Waals surface area contributed by atoms with Crippen molar-refractivity contribution >= 4 is 23.0 Å². The standard InChI is InChI=1S/C19H23F6N3S/c20-18(21,22)12-9-13(19(23,24)25)11-14(10-12)26-17(29)27-15-5-1-2-6-16(15)28-7-3-4-8-28/h9-11,15-16H,1-8H2,(H2,26,27,29)/t15-,16?/m1/s1. The molecular weight excluding hydrogens is 416 g/mol. The van der Waals surface area contributed by atoms with Crippen molar-refractivity contribution in [3.8, 4) is 0 Å². The molecule has 1 aromatic carbocycles. The van der Waals surface area contributed by atoms with Crippen LogP contribution in [0.1, 0.15) is 49.7 Å². The molecule has 2 N–H and O–H groups in total. The van der Waals surface area contributed by atoms with Gasteiger partial charge in [0.15, 0.2) is 5.11 Å². The van der Waals surface area contributed by atoms with Crippen LogP contribution >= 0.6 is 12.2 Å². The molecule has 0 amide bonds. The van der Waals surface area contributed by atoms with E-state index in [0.717, 1.165) is 51.6 Å². The summed E-state index contributed by atoms with van der Waals surface area (Å²) in [5.41, 5.74) is -3.08. The molecular formula is C19H23F6N3S. The monoisotopic (exact) mass is 439 g/mol. The van der Waals surface area contributed by atoms with Gasteiger partial charge in [-0.2, -0.15) is 26.3 Å². The van der Waals surface area contributed by atoms with E-state index in [4.69, 9.17) is 12.2 Å². The molecule has 1 aliphatic heterocycles. The van der Waals surface area contributed by atoms with Gasteiger partial charge in [-0.15, -0.1) is 0 Å². The van der Waals surface area contributed by atoms with Crippen LogP contribution in [0.25, 0.3) is 0 Å². The molecule has 2 fully saturated rings. The van der Waals surface area contributed by atoms with E-state index in [2.05, 4.69) is 15.5 Å². The fourth-order valence-corrected chi connectivity index (χ4v) is 4.42. The number of likely N-dealkylation sites (tertiary alicyclic amines) is 1. The third kappa shape index (κ3) is 5.75. The smallest absolute Gasteiger partial charge is 0.358 e. The maximum Gasteiger partial charge on any atom is 0.416 e. The van der Waals surface area contributed by atoms with Gasteiger partial charge in [-0.25, -0.2) is 0 Å². The molecule has 1 aliphatic carbocycles. The van der Waals surface area contributed by atoms with Crippen LogP contribution in [0, 0.1) is 0 Å². The Labute approximate surface area is 170 Å². The van der Waals surface area contributed by atoms with Crippen LogP contribution in [0.15, 0.2) is 18.2 Å². The second kappa shape index (κ2) is 8.67. The summed E-state index contributed by atoms with van der Waals surface area (Å²) in [6.07, 6.45) is -3.55. The summed E-state index contributed by atoms with van der Waals surface area (Å²) in [5, 5.41) is 5.69. The number of nitrogens with one attached hydrogen (secondary N) is 2. The average Bonchev–Trinajstić information content (AvgIpc) is 3.15. The van der Waals surface area contributed by atoms with Gasteiger partial charge in [-0.05, 0) is 69.2 Å². The molecule has 1 unspecified atom stereocenters. The summed E-state index contributed by atoms with van der Waals surface area (Å²) in [6.45, 7) is 2.01. The Morgan fingerprint density at radius 2 is 1.41 bits per heavy atom. The molecule has 29 heavy (non-hydrogen) atoms. The van der Waals surface area contributed by atoms with Gasteiger partial charge in [0, 0.05) is 17.8 Å². The summed E-state index contributed by atoms with van der Waals surface area (Å²) in [6, 6.07) is 1.68. The van der Waals surface area contributed by atoms with Gasteiger partial charge >= 0.3 is 12.4 Å². The minimum Gasteiger partial charge on any atom is -0.358 e. The summed E-state index contributed by atoms with van der Waals surface area (Å²) in [5.74, 6) is 0. The normalized spacial score (nSPS) is 23.8. The zero-order valence-corrected chi connectivity index (χ0v) is 16.5. The van der Waals surface area contributed by atoms with E-state index in [0.29, 0.717) is 12.1 Å². The third-order valence-corrected chi connectivity index (χ3v) is 5.72. The first-order valence-corrected chi connectivity index (χ1v) is 10.1. The number of alkyl halides is 6. The molecule has 1 saturated carbocycles. The zero-order chi connectivity index (χ0) is 21.2. The largest absolute Gasteiger partial charge is 0.416 e. The van der Waals surface area contributed by atoms with Crippen LogP contribution in [-0.2, 0) is 12.4 Å². The number of hydrogen-bond acceptors (Lipinski definition) is 2. The van der Waals surface area contributed by atoms with E-state index in [1.165, 1.54) is 0 Å². The Morgan fingerprint density at radius 3 is 1.97 bits per heavy atom. The van der Waals surface area contributed by atoms with Crippen molar-refractivity contribution in [1.29, 1.82) is 0 Å². The first-order valence-electron chi connectivity index (χ1n) is 9.65. The van der Waals surface area contributed by atoms with E-state index in [1.807, 2.05) is 0 Å². The molecule has 1 saturated heterocycles. The molecule has 0 aromatic heterocycles. The Balaban J connectivity index is 1.73. The minimum absolute atomic E-state index is 0.0229. The number of halogens is 6. The molecule has 2 atom stereocenters. The van der Waals surface area contributed by atoms with Gasteiger partial charge < -0.3 is 10.6 Å². The first-order chi connectivity index (χ1) is 13.5. The van der Waals surface area contributed by atoms with E-state index in [9.17, 15) is 26.3 Å². The van der Waals surface area contributed by atoms with Crippen molar-refractivity contribution in [2.24, 2.45) is 0 Å². The van der Waals surface area contributed by atoms with Gasteiger partial charge in [0.25, 0.3) is 0 Å². The molecule has 10 heteroatoms. The summed E-state index contributed by atoms with van der Waals surface area (Å²) >= 11 is 5.21. The molecule has 3 nitrogen and oxygen atoms in total. The van der Waals surface area contributed by atoms with Gasteiger partial charge in [0.2, 0.25) is 0 Å². The molecule has 2 aliphatic rings. The topological polar surface area (TPSA) is 27.3 Å². The molecule has 162 valence electrons. The summed E-state index contributed by atoms with van der Waals surface area (Å²) in [7, 11) is 0. The van der Waals surface area contributed by atoms with Crippen LogP contribution in [0.2, 0.25) is 0 Å². The van der Waals surface area contributed by atoms with Crippen molar-refractivity contribution in [3.05, 3.63) is 29.3 Å². The molecule has 1 heterocycles. The zero-order valence-electron chi connectivity index (χ0n) is 15.7. The highest BCUT2D eigenvalue weighted by Crippen LogP contribution is 2.37. The van der Waals surface area contributed by atoms with Crippen LogP contribution in [0.4, 0.5) is 32.0 Å². The van der Waals surface area contributed by atoms with Crippen molar-refractivity contribution in [2.75, 3.05) is 18.4 Å². The average molecular weight is 439 g/mol. The van der Waals surface area contributed by atoms with Gasteiger partial charge in [0.05, 0.1) is 11.1 Å². The Kier molecular flexibility index (Phi) is 6.62. The van der Waals surface area contributed by atoms with Crippen LogP contribution in [0.5, 0.6) is 0 Å². The molecule has 0 radical (unpaired) electrons. The number of rotatable bonds is 3. The quantitative estimate of drug-likeness (QED) is 0.486. The number of anilines is 1. The van der Waals surface area contributed by atoms with Gasteiger partial charge in [-0.3, -0.25) is 4.90 Å². The SMILES string of the molecule is FC(F)(F)c1cc(NC(=S)N[C@@H]2CCCCC2N2CCCC2)cc(C(F)(F)F)c1. The van der Waals surface area contributed by atoms with Crippen molar-refractivity contribution < 1.29 is 26.3 Å². The number of hydrogen-bond donors (Lipinski definition) is 2. The van der Waals surface area contributed by atoms with Crippen molar-refractivity contribution in [1.82, 2.24) is 10.2 Å². The lowest BCUT2D eigenvalue weighted by Gasteiger charge is -2.38. The second-order valence-corrected chi connectivity index (χ2v) is 8.00. The van der Waals surface area contributed by atoms with E-state index >= 15 is 0 Å². The lowest BCUT2D eigenvalue weighted by atomic mass is 9.89. The Hall–Kier alpha value is -1.55. The summed E-state index contributed by atoms with van der Waals surface area (Å²) in [4.78, 5) is 2.39. The lowest BCUT2D eigenvalue weighted by molar-refractivity contribution is -0.143. The van der Waals surface area contributed by atoms with Gasteiger partial charge in [0.1, 0.15) is 0 Å². The first kappa shape index (κ1) is 22.1. The van der Waals surface area contributed by atoms with Crippen LogP contribution in [-0.4, -0.2) is 35.2 Å². The highest BCUT2D eigenvalue weighted by atomic mass is 32.1. The van der Waals surface area contributed by atoms with E-state index in [1.54, 1.807) is 0 Å². The van der Waals surface area contributed by atoms with Crippen molar-refractivity contribution in [3.63, 3.8) is 0 Å². The number of benzene rings is 1. The highest BCUT2D eigenvalue weighted by Gasteiger charge is 2.37. The predicted octanol–water partition coefficient (Wildman–Crippen LogP) is 5.42. The van der Waals surface area contributed by atoms with Crippen LogP contribution in [0.3, 0.4) is 0 Å².